The van der Waals surface area contributed by atoms with E-state index in [-0.39, 0.29) is 19.2 Å². The molecule has 0 atom stereocenters. The van der Waals surface area contributed by atoms with Crippen LogP contribution >= 0.6 is 11.8 Å². The smallest absolute Gasteiger partial charge is 0.337 e. The Morgan fingerprint density at radius 1 is 1.33 bits per heavy atom. The predicted molar refractivity (Wildman–Crippen MR) is 96.6 cm³/mol. The highest BCUT2D eigenvalue weighted by Crippen LogP contribution is 2.23. The zero-order valence-corrected chi connectivity index (χ0v) is 15.6. The number of thioether (sulfide) groups is 1. The molecule has 2 amide bonds. The van der Waals surface area contributed by atoms with Crippen LogP contribution in [0.5, 0.6) is 5.75 Å². The number of nitrogens with zero attached hydrogens (tertiary/aromatic N) is 4. The fraction of sp³-hybridized carbons (Fsp3) is 0.312. The summed E-state index contributed by atoms with van der Waals surface area (Å²) in [6.45, 7) is 2.10. The number of tetrazole rings is 1. The Bertz CT molecular complexity index is 864. The van der Waals surface area contributed by atoms with Gasteiger partial charge in [0.1, 0.15) is 5.75 Å². The fourth-order valence-electron chi connectivity index (χ4n) is 2.36. The van der Waals surface area contributed by atoms with Gasteiger partial charge in [0.25, 0.3) is 0 Å². The summed E-state index contributed by atoms with van der Waals surface area (Å²) in [7, 11) is 1.59. The molecule has 0 fully saturated rings. The molecule has 10 nitrogen and oxygen atoms in total. The summed E-state index contributed by atoms with van der Waals surface area (Å²) >= 11 is 1.29. The molecule has 2 N–H and O–H groups in total. The Kier molecular flexibility index (Phi) is 5.91. The van der Waals surface area contributed by atoms with Crippen LogP contribution in [0.25, 0.3) is 5.69 Å². The first-order chi connectivity index (χ1) is 13.1. The number of hydrogen-bond acceptors (Lipinski definition) is 8. The molecule has 0 aliphatic carbocycles. The lowest BCUT2D eigenvalue weighted by molar-refractivity contribution is -0.138. The predicted octanol–water partition coefficient (Wildman–Crippen LogP) is 0.893. The number of nitrogens with one attached hydrogen (secondary N) is 2. The van der Waals surface area contributed by atoms with Gasteiger partial charge < -0.3 is 20.1 Å². The molecule has 0 radical (unpaired) electrons. The lowest BCUT2D eigenvalue weighted by atomic mass is 10.2. The monoisotopic (exact) mass is 390 g/mol. The summed E-state index contributed by atoms with van der Waals surface area (Å²) in [6.07, 6.45) is 0. The minimum Gasteiger partial charge on any atom is -0.497 e. The van der Waals surface area contributed by atoms with Crippen molar-refractivity contribution < 1.29 is 19.1 Å². The van der Waals surface area contributed by atoms with Crippen molar-refractivity contribution in [2.24, 2.45) is 0 Å². The molecule has 2 aromatic rings. The van der Waals surface area contributed by atoms with Crippen LogP contribution in [0.4, 0.5) is 4.79 Å². The summed E-state index contributed by atoms with van der Waals surface area (Å²) in [4.78, 5) is 23.7. The average molecular weight is 390 g/mol. The van der Waals surface area contributed by atoms with E-state index in [9.17, 15) is 9.59 Å². The number of carbonyl (C=O) groups excluding carboxylic acids is 2. The van der Waals surface area contributed by atoms with Gasteiger partial charge in [-0.05, 0) is 41.6 Å². The maximum Gasteiger partial charge on any atom is 0.337 e. The molecule has 142 valence electrons. The minimum atomic E-state index is -0.463. The third kappa shape index (κ3) is 4.37. The van der Waals surface area contributed by atoms with Gasteiger partial charge in [-0.1, -0.05) is 11.8 Å². The molecule has 0 spiro atoms. The number of carbonyl (C=O) groups is 2. The molecule has 1 aromatic carbocycles. The van der Waals surface area contributed by atoms with E-state index in [0.29, 0.717) is 22.2 Å². The second-order valence-corrected chi connectivity index (χ2v) is 6.29. The van der Waals surface area contributed by atoms with Crippen molar-refractivity contribution in [2.75, 3.05) is 26.0 Å². The van der Waals surface area contributed by atoms with Gasteiger partial charge in [-0.25, -0.2) is 9.59 Å². The highest BCUT2D eigenvalue weighted by Gasteiger charge is 2.24. The molecule has 1 aromatic heterocycles. The standard InChI is InChI=1S/C16H18N6O4S/c1-3-26-14(23)12-8-17-15(24)18-13(12)9-27-16-19-20-21-22(16)10-4-6-11(25-2)7-5-10/h4-7H,3,8-9H2,1-2H3,(H2,17,18,24). The van der Waals surface area contributed by atoms with Crippen LogP contribution in [0.2, 0.25) is 0 Å². The molecule has 0 unspecified atom stereocenters. The largest absolute Gasteiger partial charge is 0.497 e. The van der Waals surface area contributed by atoms with E-state index in [2.05, 4.69) is 26.2 Å². The highest BCUT2D eigenvalue weighted by molar-refractivity contribution is 7.99. The molecule has 0 saturated heterocycles. The van der Waals surface area contributed by atoms with Crippen LogP contribution in [0, 0.1) is 0 Å². The summed E-state index contributed by atoms with van der Waals surface area (Å²) in [5.74, 6) is 0.566. The maximum absolute atomic E-state index is 12.1. The highest BCUT2D eigenvalue weighted by atomic mass is 32.2. The van der Waals surface area contributed by atoms with E-state index in [4.69, 9.17) is 9.47 Å². The van der Waals surface area contributed by atoms with Gasteiger partial charge in [0.05, 0.1) is 31.5 Å². The zero-order chi connectivity index (χ0) is 19.2. The van der Waals surface area contributed by atoms with Crippen LogP contribution in [-0.4, -0.2) is 58.2 Å². The lowest BCUT2D eigenvalue weighted by Crippen LogP contribution is -2.44. The molecule has 3 rings (SSSR count). The van der Waals surface area contributed by atoms with Gasteiger partial charge in [0, 0.05) is 11.4 Å². The number of hydrogen-bond donors (Lipinski definition) is 2. The van der Waals surface area contributed by atoms with E-state index < -0.39 is 5.97 Å². The van der Waals surface area contributed by atoms with Crippen molar-refractivity contribution in [3.63, 3.8) is 0 Å². The number of esters is 1. The van der Waals surface area contributed by atoms with Crippen molar-refractivity contribution in [3.8, 4) is 11.4 Å². The number of rotatable bonds is 7. The minimum absolute atomic E-state index is 0.115. The number of methoxy groups -OCH3 is 1. The Hall–Kier alpha value is -3.08. The Labute approximate surface area is 159 Å². The quantitative estimate of drug-likeness (QED) is 0.528. The molecule has 1 aliphatic rings. The maximum atomic E-state index is 12.1. The van der Waals surface area contributed by atoms with E-state index in [1.54, 1.807) is 30.8 Å². The van der Waals surface area contributed by atoms with Crippen molar-refractivity contribution in [2.45, 2.75) is 12.1 Å². The normalized spacial score (nSPS) is 13.8. The number of ether oxygens (including phenoxy) is 2. The van der Waals surface area contributed by atoms with E-state index in [0.717, 1.165) is 11.4 Å². The molecule has 1 aliphatic heterocycles. The molecule has 0 saturated carbocycles. The van der Waals surface area contributed by atoms with Gasteiger partial charge in [0.2, 0.25) is 5.16 Å². The first-order valence-electron chi connectivity index (χ1n) is 8.12. The zero-order valence-electron chi connectivity index (χ0n) is 14.8. The van der Waals surface area contributed by atoms with E-state index in [1.807, 2.05) is 12.1 Å². The van der Waals surface area contributed by atoms with Crippen molar-refractivity contribution in [1.82, 2.24) is 30.8 Å². The van der Waals surface area contributed by atoms with Gasteiger partial charge in [-0.3, -0.25) is 0 Å². The number of aromatic nitrogens is 4. The van der Waals surface area contributed by atoms with Crippen LogP contribution in [-0.2, 0) is 9.53 Å². The second kappa shape index (κ2) is 8.54. The molecule has 0 bridgehead atoms. The van der Waals surface area contributed by atoms with E-state index in [1.165, 1.54) is 11.8 Å². The summed E-state index contributed by atoms with van der Waals surface area (Å²) < 4.78 is 11.8. The number of urea groups is 1. The van der Waals surface area contributed by atoms with Gasteiger partial charge in [-0.2, -0.15) is 4.68 Å². The van der Waals surface area contributed by atoms with Crippen LogP contribution in [0.1, 0.15) is 6.92 Å². The Balaban J connectivity index is 1.78. The van der Waals surface area contributed by atoms with Crippen molar-refractivity contribution in [3.05, 3.63) is 35.5 Å². The van der Waals surface area contributed by atoms with Gasteiger partial charge in [-0.15, -0.1) is 5.10 Å². The third-order valence-corrected chi connectivity index (χ3v) is 4.63. The summed E-state index contributed by atoms with van der Waals surface area (Å²) in [5.41, 5.74) is 1.62. The summed E-state index contributed by atoms with van der Waals surface area (Å²) in [6, 6.07) is 6.90. The Morgan fingerprint density at radius 3 is 2.81 bits per heavy atom. The van der Waals surface area contributed by atoms with Crippen LogP contribution < -0.4 is 15.4 Å². The molecular weight excluding hydrogens is 372 g/mol. The van der Waals surface area contributed by atoms with Crippen molar-refractivity contribution >= 4 is 23.8 Å². The lowest BCUT2D eigenvalue weighted by Gasteiger charge is -2.20. The molecule has 2 heterocycles. The first kappa shape index (κ1) is 18.7. The number of amides is 2. The third-order valence-electron chi connectivity index (χ3n) is 3.68. The van der Waals surface area contributed by atoms with Crippen LogP contribution in [0.3, 0.4) is 0 Å². The molecular formula is C16H18N6O4S. The average Bonchev–Trinajstić information content (AvgIpc) is 3.15. The second-order valence-electron chi connectivity index (χ2n) is 5.35. The van der Waals surface area contributed by atoms with Crippen molar-refractivity contribution in [1.29, 1.82) is 0 Å². The Morgan fingerprint density at radius 2 is 2.11 bits per heavy atom. The van der Waals surface area contributed by atoms with Gasteiger partial charge in [0.15, 0.2) is 0 Å². The topological polar surface area (TPSA) is 120 Å². The van der Waals surface area contributed by atoms with Gasteiger partial charge >= 0.3 is 12.0 Å². The number of benzene rings is 1. The molecule has 27 heavy (non-hydrogen) atoms. The fourth-order valence-corrected chi connectivity index (χ4v) is 3.24. The SMILES string of the molecule is CCOC(=O)C1=C(CSc2nnnn2-c2ccc(OC)cc2)NC(=O)NC1. The van der Waals surface area contributed by atoms with Crippen LogP contribution in [0.15, 0.2) is 40.7 Å². The first-order valence-corrected chi connectivity index (χ1v) is 9.10. The van der Waals surface area contributed by atoms with E-state index >= 15 is 0 Å². The summed E-state index contributed by atoms with van der Waals surface area (Å²) in [5, 5.41) is 17.4. The molecule has 11 heteroatoms.